The molecule has 3 aromatic carbocycles. The number of amides is 1. The molecular formula is C23H21ClN2O2S. The molecule has 4 nitrogen and oxygen atoms in total. The minimum absolute atomic E-state index is 0.144. The van der Waals surface area contributed by atoms with E-state index in [4.69, 9.17) is 16.3 Å². The molecule has 0 spiro atoms. The Bertz CT molecular complexity index is 962. The molecule has 0 heterocycles. The second kappa shape index (κ2) is 10.7. The third-order valence-electron chi connectivity index (χ3n) is 4.05. The highest BCUT2D eigenvalue weighted by Crippen LogP contribution is 2.22. The lowest BCUT2D eigenvalue weighted by Crippen LogP contribution is -2.26. The Kier molecular flexibility index (Phi) is 7.73. The van der Waals surface area contributed by atoms with Crippen molar-refractivity contribution in [2.75, 3.05) is 0 Å². The van der Waals surface area contributed by atoms with Crippen LogP contribution in [0.3, 0.4) is 0 Å². The maximum atomic E-state index is 12.2. The number of carbonyl (C=O) groups excluding carboxylic acids is 1. The minimum atomic E-state index is -0.241. The number of ether oxygens (including phenoxy) is 1. The molecule has 1 N–H and O–H groups in total. The standard InChI is InChI=1S/C23H21ClN2O2S/c1-17(29-21-8-3-2-4-9-21)23(27)26-25-15-18-11-13-20(14-12-18)28-16-19-7-5-6-10-22(19)24/h2-15,17H,16H2,1H3,(H,26,27)/b25-15-/t17-/m0/s1. The number of thioether (sulfide) groups is 1. The summed E-state index contributed by atoms with van der Waals surface area (Å²) in [5.41, 5.74) is 4.38. The van der Waals surface area contributed by atoms with Gasteiger partial charge in [-0.2, -0.15) is 5.10 Å². The van der Waals surface area contributed by atoms with Crippen LogP contribution in [0.1, 0.15) is 18.1 Å². The van der Waals surface area contributed by atoms with Gasteiger partial charge in [-0.25, -0.2) is 5.43 Å². The first-order valence-electron chi connectivity index (χ1n) is 9.13. The third kappa shape index (κ3) is 6.66. The molecule has 0 aliphatic rings. The van der Waals surface area contributed by atoms with Gasteiger partial charge in [0.2, 0.25) is 0 Å². The minimum Gasteiger partial charge on any atom is -0.489 e. The van der Waals surface area contributed by atoms with Gasteiger partial charge in [-0.05, 0) is 55.0 Å². The van der Waals surface area contributed by atoms with Crippen molar-refractivity contribution in [2.24, 2.45) is 5.10 Å². The van der Waals surface area contributed by atoms with Crippen LogP contribution in [0, 0.1) is 0 Å². The Morgan fingerprint density at radius 3 is 2.48 bits per heavy atom. The molecule has 0 saturated heterocycles. The van der Waals surface area contributed by atoms with Gasteiger partial charge < -0.3 is 4.74 Å². The summed E-state index contributed by atoms with van der Waals surface area (Å²) in [6.07, 6.45) is 1.61. The van der Waals surface area contributed by atoms with Gasteiger partial charge in [-0.3, -0.25) is 4.79 Å². The number of halogens is 1. The number of hydrogen-bond acceptors (Lipinski definition) is 4. The fourth-order valence-electron chi connectivity index (χ4n) is 2.44. The van der Waals surface area contributed by atoms with Crippen molar-refractivity contribution in [2.45, 2.75) is 23.7 Å². The Balaban J connectivity index is 1.47. The molecule has 0 aliphatic heterocycles. The van der Waals surface area contributed by atoms with E-state index < -0.39 is 0 Å². The number of rotatable bonds is 8. The Morgan fingerprint density at radius 2 is 1.76 bits per heavy atom. The zero-order chi connectivity index (χ0) is 20.5. The number of carbonyl (C=O) groups is 1. The summed E-state index contributed by atoms with van der Waals surface area (Å²) in [6.45, 7) is 2.26. The summed E-state index contributed by atoms with van der Waals surface area (Å²) in [7, 11) is 0. The van der Waals surface area contributed by atoms with E-state index in [-0.39, 0.29) is 11.2 Å². The Labute approximate surface area is 179 Å². The summed E-state index contributed by atoms with van der Waals surface area (Å²) in [5.74, 6) is 0.591. The topological polar surface area (TPSA) is 50.7 Å². The molecule has 0 aromatic heterocycles. The van der Waals surface area contributed by atoms with Crippen molar-refractivity contribution in [3.05, 3.63) is 95.0 Å². The summed E-state index contributed by atoms with van der Waals surface area (Å²) in [5, 5.41) is 4.49. The zero-order valence-corrected chi connectivity index (χ0v) is 17.5. The summed E-state index contributed by atoms with van der Waals surface area (Å²) in [6, 6.07) is 24.9. The van der Waals surface area contributed by atoms with Crippen LogP contribution in [0.15, 0.2) is 88.9 Å². The van der Waals surface area contributed by atoms with E-state index in [2.05, 4.69) is 10.5 Å². The van der Waals surface area contributed by atoms with E-state index in [1.165, 1.54) is 11.8 Å². The van der Waals surface area contributed by atoms with Gasteiger partial charge in [0, 0.05) is 15.5 Å². The first-order chi connectivity index (χ1) is 14.1. The molecule has 1 amide bonds. The van der Waals surface area contributed by atoms with Crippen molar-refractivity contribution in [3.63, 3.8) is 0 Å². The van der Waals surface area contributed by atoms with Crippen LogP contribution in [0.25, 0.3) is 0 Å². The van der Waals surface area contributed by atoms with Crippen LogP contribution < -0.4 is 10.2 Å². The van der Waals surface area contributed by atoms with E-state index in [9.17, 15) is 4.79 Å². The fraction of sp³-hybridized carbons (Fsp3) is 0.130. The fourth-order valence-corrected chi connectivity index (χ4v) is 3.52. The lowest BCUT2D eigenvalue weighted by Gasteiger charge is -2.09. The molecule has 29 heavy (non-hydrogen) atoms. The van der Waals surface area contributed by atoms with Crippen LogP contribution in [0.5, 0.6) is 5.75 Å². The van der Waals surface area contributed by atoms with Crippen molar-refractivity contribution >= 4 is 35.5 Å². The van der Waals surface area contributed by atoms with Crippen LogP contribution >= 0.6 is 23.4 Å². The molecule has 0 aliphatic carbocycles. The monoisotopic (exact) mass is 424 g/mol. The zero-order valence-electron chi connectivity index (χ0n) is 15.9. The van der Waals surface area contributed by atoms with Crippen LogP contribution in [0.2, 0.25) is 5.02 Å². The van der Waals surface area contributed by atoms with Crippen LogP contribution in [0.4, 0.5) is 0 Å². The molecule has 3 rings (SSSR count). The number of hydrogen-bond donors (Lipinski definition) is 1. The van der Waals surface area contributed by atoms with E-state index in [0.29, 0.717) is 11.6 Å². The van der Waals surface area contributed by atoms with Crippen molar-refractivity contribution in [3.8, 4) is 5.75 Å². The molecule has 6 heteroatoms. The lowest BCUT2D eigenvalue weighted by molar-refractivity contribution is -0.120. The maximum Gasteiger partial charge on any atom is 0.253 e. The average molecular weight is 425 g/mol. The first kappa shape index (κ1) is 21.0. The van der Waals surface area contributed by atoms with Gasteiger partial charge in [0.15, 0.2) is 0 Å². The SMILES string of the molecule is C[C@H](Sc1ccccc1)C(=O)N/N=C\c1ccc(OCc2ccccc2Cl)cc1. The van der Waals surface area contributed by atoms with E-state index in [1.807, 2.05) is 85.8 Å². The summed E-state index contributed by atoms with van der Waals surface area (Å²) >= 11 is 7.63. The average Bonchev–Trinajstić information content (AvgIpc) is 2.75. The maximum absolute atomic E-state index is 12.2. The van der Waals surface area contributed by atoms with Gasteiger partial charge in [0.1, 0.15) is 12.4 Å². The highest BCUT2D eigenvalue weighted by molar-refractivity contribution is 8.00. The van der Waals surface area contributed by atoms with E-state index >= 15 is 0 Å². The molecule has 0 fully saturated rings. The molecule has 3 aromatic rings. The number of nitrogens with one attached hydrogen (secondary N) is 1. The Morgan fingerprint density at radius 1 is 1.07 bits per heavy atom. The quantitative estimate of drug-likeness (QED) is 0.293. The smallest absolute Gasteiger partial charge is 0.253 e. The molecule has 0 unspecified atom stereocenters. The van der Waals surface area contributed by atoms with Gasteiger partial charge in [0.05, 0.1) is 11.5 Å². The molecule has 1 atom stereocenters. The van der Waals surface area contributed by atoms with Crippen molar-refractivity contribution in [1.29, 1.82) is 0 Å². The molecular weight excluding hydrogens is 404 g/mol. The van der Waals surface area contributed by atoms with E-state index in [0.717, 1.165) is 21.8 Å². The lowest BCUT2D eigenvalue weighted by atomic mass is 10.2. The second-order valence-electron chi connectivity index (χ2n) is 6.26. The number of benzene rings is 3. The Hall–Kier alpha value is -2.76. The van der Waals surface area contributed by atoms with E-state index in [1.54, 1.807) is 6.21 Å². The van der Waals surface area contributed by atoms with Gasteiger partial charge in [-0.1, -0.05) is 48.0 Å². The molecule has 148 valence electrons. The normalized spacial score (nSPS) is 11.9. The first-order valence-corrected chi connectivity index (χ1v) is 10.4. The van der Waals surface area contributed by atoms with Gasteiger partial charge in [0.25, 0.3) is 5.91 Å². The summed E-state index contributed by atoms with van der Waals surface area (Å²) < 4.78 is 5.76. The van der Waals surface area contributed by atoms with Gasteiger partial charge in [-0.15, -0.1) is 11.8 Å². The second-order valence-corrected chi connectivity index (χ2v) is 8.08. The molecule has 0 bridgehead atoms. The molecule has 0 radical (unpaired) electrons. The highest BCUT2D eigenvalue weighted by atomic mass is 35.5. The molecule has 0 saturated carbocycles. The van der Waals surface area contributed by atoms with Gasteiger partial charge >= 0.3 is 0 Å². The summed E-state index contributed by atoms with van der Waals surface area (Å²) in [4.78, 5) is 13.2. The predicted octanol–water partition coefficient (Wildman–Crippen LogP) is 5.55. The highest BCUT2D eigenvalue weighted by Gasteiger charge is 2.13. The van der Waals surface area contributed by atoms with Crippen LogP contribution in [-0.4, -0.2) is 17.4 Å². The van der Waals surface area contributed by atoms with Crippen molar-refractivity contribution in [1.82, 2.24) is 5.43 Å². The third-order valence-corrected chi connectivity index (χ3v) is 5.53. The van der Waals surface area contributed by atoms with Crippen molar-refractivity contribution < 1.29 is 9.53 Å². The largest absolute Gasteiger partial charge is 0.489 e. The number of hydrazone groups is 1. The van der Waals surface area contributed by atoms with Crippen LogP contribution in [-0.2, 0) is 11.4 Å². The number of nitrogens with zero attached hydrogens (tertiary/aromatic N) is 1. The predicted molar refractivity (Wildman–Crippen MR) is 120 cm³/mol.